The first-order valence-corrected chi connectivity index (χ1v) is 9.44. The molecule has 2 aromatic rings. The molecule has 138 valence electrons. The van der Waals surface area contributed by atoms with E-state index in [1.165, 1.54) is 16.8 Å². The van der Waals surface area contributed by atoms with Crippen LogP contribution in [-0.2, 0) is 11.3 Å². The molecule has 0 atom stereocenters. The van der Waals surface area contributed by atoms with E-state index in [-0.39, 0.29) is 5.91 Å². The molecule has 0 saturated carbocycles. The van der Waals surface area contributed by atoms with Gasteiger partial charge >= 0.3 is 0 Å². The third-order valence-corrected chi connectivity index (χ3v) is 5.00. The van der Waals surface area contributed by atoms with Crippen LogP contribution in [0.25, 0.3) is 0 Å². The van der Waals surface area contributed by atoms with Gasteiger partial charge in [-0.1, -0.05) is 42.5 Å². The summed E-state index contributed by atoms with van der Waals surface area (Å²) >= 11 is 0. The van der Waals surface area contributed by atoms with Crippen molar-refractivity contribution in [3.63, 3.8) is 0 Å². The van der Waals surface area contributed by atoms with E-state index < -0.39 is 0 Å². The van der Waals surface area contributed by atoms with Crippen molar-refractivity contribution < 1.29 is 4.79 Å². The van der Waals surface area contributed by atoms with Gasteiger partial charge in [-0.2, -0.15) is 0 Å². The number of rotatable bonds is 6. The van der Waals surface area contributed by atoms with E-state index in [4.69, 9.17) is 0 Å². The first-order valence-electron chi connectivity index (χ1n) is 9.44. The molecule has 1 fully saturated rings. The highest BCUT2D eigenvalue weighted by molar-refractivity contribution is 5.76. The average Bonchev–Trinajstić information content (AvgIpc) is 2.67. The van der Waals surface area contributed by atoms with Gasteiger partial charge in [0.05, 0.1) is 0 Å². The Labute approximate surface area is 157 Å². The minimum absolute atomic E-state index is 0.272. The molecule has 1 aliphatic heterocycles. The number of amides is 1. The van der Waals surface area contributed by atoms with E-state index in [1.54, 1.807) is 0 Å². The van der Waals surface area contributed by atoms with Gasteiger partial charge in [-0.3, -0.25) is 4.79 Å². The van der Waals surface area contributed by atoms with Crippen molar-refractivity contribution in [2.24, 2.45) is 0 Å². The lowest BCUT2D eigenvalue weighted by atomic mass is 10.2. The van der Waals surface area contributed by atoms with Crippen LogP contribution in [0.15, 0.2) is 54.6 Å². The van der Waals surface area contributed by atoms with Gasteiger partial charge in [-0.15, -0.1) is 0 Å². The van der Waals surface area contributed by atoms with Crippen LogP contribution < -0.4 is 4.90 Å². The first kappa shape index (κ1) is 18.5. The monoisotopic (exact) mass is 351 g/mol. The zero-order valence-corrected chi connectivity index (χ0v) is 15.9. The minimum Gasteiger partial charge on any atom is -0.368 e. The van der Waals surface area contributed by atoms with E-state index in [0.717, 1.165) is 39.3 Å². The predicted molar refractivity (Wildman–Crippen MR) is 107 cm³/mol. The van der Waals surface area contributed by atoms with Crippen molar-refractivity contribution in [1.82, 2.24) is 9.80 Å². The van der Waals surface area contributed by atoms with E-state index in [9.17, 15) is 4.79 Å². The molecule has 1 aliphatic rings. The highest BCUT2D eigenvalue weighted by Gasteiger charge is 2.21. The Balaban J connectivity index is 1.42. The second-order valence-corrected chi connectivity index (χ2v) is 7.18. The van der Waals surface area contributed by atoms with Crippen LogP contribution in [0.5, 0.6) is 0 Å². The number of hydrogen-bond donors (Lipinski definition) is 0. The van der Waals surface area contributed by atoms with Crippen LogP contribution in [0.2, 0.25) is 0 Å². The lowest BCUT2D eigenvalue weighted by molar-refractivity contribution is -0.131. The number of aryl methyl sites for hydroxylation is 1. The number of nitrogens with zero attached hydrogens (tertiary/aromatic N) is 3. The van der Waals surface area contributed by atoms with Gasteiger partial charge in [0.2, 0.25) is 5.91 Å². The molecule has 0 radical (unpaired) electrons. The minimum atomic E-state index is 0.272. The predicted octanol–water partition coefficient (Wildman–Crippen LogP) is 3.17. The van der Waals surface area contributed by atoms with Gasteiger partial charge < -0.3 is 14.7 Å². The molecule has 0 bridgehead atoms. The van der Waals surface area contributed by atoms with Crippen LogP contribution >= 0.6 is 0 Å². The van der Waals surface area contributed by atoms with Gasteiger partial charge in [-0.05, 0) is 37.2 Å². The topological polar surface area (TPSA) is 26.8 Å². The zero-order chi connectivity index (χ0) is 18.4. The fourth-order valence-corrected chi connectivity index (χ4v) is 3.46. The van der Waals surface area contributed by atoms with Gasteiger partial charge in [0.15, 0.2) is 0 Å². The molecule has 3 rings (SSSR count). The summed E-state index contributed by atoms with van der Waals surface area (Å²) in [6.07, 6.45) is 0.591. The standard InChI is InChI=1S/C22H29N3O/c1-19-7-6-10-21(17-19)24-13-15-25(16-14-24)22(26)11-12-23(2)18-20-8-4-3-5-9-20/h3-10,17H,11-16,18H2,1-2H3. The summed E-state index contributed by atoms with van der Waals surface area (Å²) in [4.78, 5) is 19.1. The summed E-state index contributed by atoms with van der Waals surface area (Å²) in [7, 11) is 2.08. The maximum absolute atomic E-state index is 12.5. The van der Waals surface area contributed by atoms with Crippen molar-refractivity contribution in [3.8, 4) is 0 Å². The number of anilines is 1. The van der Waals surface area contributed by atoms with Crippen LogP contribution in [0, 0.1) is 6.92 Å². The third-order valence-electron chi connectivity index (χ3n) is 5.00. The van der Waals surface area contributed by atoms with Gasteiger partial charge in [0.1, 0.15) is 0 Å². The van der Waals surface area contributed by atoms with Crippen molar-refractivity contribution in [2.75, 3.05) is 44.7 Å². The lowest BCUT2D eigenvalue weighted by Crippen LogP contribution is -2.49. The van der Waals surface area contributed by atoms with Crippen molar-refractivity contribution in [3.05, 3.63) is 65.7 Å². The fourth-order valence-electron chi connectivity index (χ4n) is 3.46. The highest BCUT2D eigenvalue weighted by Crippen LogP contribution is 2.18. The summed E-state index contributed by atoms with van der Waals surface area (Å²) in [5.74, 6) is 0.272. The van der Waals surface area contributed by atoms with E-state index in [2.05, 4.69) is 72.3 Å². The second-order valence-electron chi connectivity index (χ2n) is 7.18. The molecule has 0 spiro atoms. The van der Waals surface area contributed by atoms with Crippen molar-refractivity contribution >= 4 is 11.6 Å². The molecule has 4 heteroatoms. The average molecular weight is 351 g/mol. The van der Waals surface area contributed by atoms with E-state index in [1.807, 2.05) is 11.0 Å². The Morgan fingerprint density at radius 1 is 1.00 bits per heavy atom. The summed E-state index contributed by atoms with van der Waals surface area (Å²) in [5.41, 5.74) is 3.83. The number of carbonyl (C=O) groups is 1. The quantitative estimate of drug-likeness (QED) is 0.800. The maximum Gasteiger partial charge on any atom is 0.223 e. The van der Waals surface area contributed by atoms with Crippen LogP contribution in [0.3, 0.4) is 0 Å². The molecule has 26 heavy (non-hydrogen) atoms. The molecular weight excluding hydrogens is 322 g/mol. The summed E-state index contributed by atoms with van der Waals surface area (Å²) in [5, 5.41) is 0. The Morgan fingerprint density at radius 3 is 2.42 bits per heavy atom. The molecule has 4 nitrogen and oxygen atoms in total. The molecule has 0 aliphatic carbocycles. The van der Waals surface area contributed by atoms with E-state index in [0.29, 0.717) is 6.42 Å². The molecule has 1 amide bonds. The lowest BCUT2D eigenvalue weighted by Gasteiger charge is -2.36. The largest absolute Gasteiger partial charge is 0.368 e. The molecule has 1 saturated heterocycles. The molecule has 0 N–H and O–H groups in total. The maximum atomic E-state index is 12.5. The van der Waals surface area contributed by atoms with Crippen LogP contribution in [-0.4, -0.2) is 55.5 Å². The molecule has 1 heterocycles. The summed E-state index contributed by atoms with van der Waals surface area (Å²) < 4.78 is 0. The normalized spacial score (nSPS) is 14.7. The Bertz CT molecular complexity index is 708. The van der Waals surface area contributed by atoms with Crippen molar-refractivity contribution in [1.29, 1.82) is 0 Å². The van der Waals surface area contributed by atoms with Crippen molar-refractivity contribution in [2.45, 2.75) is 19.9 Å². The number of hydrogen-bond acceptors (Lipinski definition) is 3. The van der Waals surface area contributed by atoms with Gasteiger partial charge in [0.25, 0.3) is 0 Å². The Hall–Kier alpha value is -2.33. The second kappa shape index (κ2) is 8.86. The number of piperazine rings is 1. The smallest absolute Gasteiger partial charge is 0.223 e. The first-order chi connectivity index (χ1) is 12.6. The molecule has 2 aromatic carbocycles. The molecule has 0 unspecified atom stereocenters. The summed E-state index contributed by atoms with van der Waals surface area (Å²) in [6, 6.07) is 19.0. The number of benzene rings is 2. The van der Waals surface area contributed by atoms with Gasteiger partial charge in [-0.25, -0.2) is 0 Å². The Morgan fingerprint density at radius 2 is 1.73 bits per heavy atom. The third kappa shape index (κ3) is 5.09. The fraction of sp³-hybridized carbons (Fsp3) is 0.409. The highest BCUT2D eigenvalue weighted by atomic mass is 16.2. The molecule has 0 aromatic heterocycles. The number of carbonyl (C=O) groups excluding carboxylic acids is 1. The van der Waals surface area contributed by atoms with Gasteiger partial charge in [0, 0.05) is 51.4 Å². The SMILES string of the molecule is Cc1cccc(N2CCN(C(=O)CCN(C)Cc3ccccc3)CC2)c1. The molecular formula is C22H29N3O. The zero-order valence-electron chi connectivity index (χ0n) is 15.9. The van der Waals surface area contributed by atoms with Crippen LogP contribution in [0.4, 0.5) is 5.69 Å². The van der Waals surface area contributed by atoms with E-state index >= 15 is 0 Å². The Kier molecular flexibility index (Phi) is 6.29. The summed E-state index contributed by atoms with van der Waals surface area (Å²) in [6.45, 7) is 7.25. The van der Waals surface area contributed by atoms with Crippen LogP contribution in [0.1, 0.15) is 17.5 Å².